The van der Waals surface area contributed by atoms with Crippen LogP contribution in [0.2, 0.25) is 0 Å². The molecule has 0 aromatic heterocycles. The van der Waals surface area contributed by atoms with Gasteiger partial charge in [-0.25, -0.2) is 0 Å². The fourth-order valence-corrected chi connectivity index (χ4v) is 2.21. The van der Waals surface area contributed by atoms with Gasteiger partial charge in [0.2, 0.25) is 0 Å². The highest BCUT2D eigenvalue weighted by molar-refractivity contribution is 4.86. The van der Waals surface area contributed by atoms with Crippen LogP contribution in [0, 0.1) is 5.92 Å². The zero-order valence-corrected chi connectivity index (χ0v) is 6.42. The lowest BCUT2D eigenvalue weighted by atomic mass is 9.86. The van der Waals surface area contributed by atoms with E-state index in [0.717, 1.165) is 5.92 Å². The maximum atomic E-state index is 5.96. The lowest BCUT2D eigenvalue weighted by Crippen LogP contribution is -2.50. The van der Waals surface area contributed by atoms with Crippen LogP contribution >= 0.6 is 0 Å². The molecule has 3 atom stereocenters. The lowest BCUT2D eigenvalue weighted by molar-refractivity contribution is 0.107. The second-order valence-corrected chi connectivity index (χ2v) is 3.66. The fourth-order valence-electron chi connectivity index (χ4n) is 2.21. The van der Waals surface area contributed by atoms with E-state index < -0.39 is 0 Å². The molecule has 2 heteroatoms. The predicted molar refractivity (Wildman–Crippen MR) is 41.8 cm³/mol. The number of piperidine rings is 2. The lowest BCUT2D eigenvalue weighted by Gasteiger charge is -2.41. The molecule has 2 nitrogen and oxygen atoms in total. The summed E-state index contributed by atoms with van der Waals surface area (Å²) in [6, 6.07) is 0.511. The molecule has 2 heterocycles. The van der Waals surface area contributed by atoms with E-state index >= 15 is 0 Å². The first-order valence-electron chi connectivity index (χ1n) is 4.34. The Hall–Kier alpha value is -0.0800. The minimum Gasteiger partial charge on any atom is -0.327 e. The SMILES string of the molecule is N[C@H]1CCN2CCCC1C2. The highest BCUT2D eigenvalue weighted by Gasteiger charge is 2.29. The standard InChI is InChI=1S/C8H16N2/c9-8-3-5-10-4-1-2-7(8)6-10/h7-8H,1-6,9H2/t7?,8-/m0/s1. The average molecular weight is 140 g/mol. The highest BCUT2D eigenvalue weighted by Crippen LogP contribution is 2.24. The van der Waals surface area contributed by atoms with Gasteiger partial charge in [-0.1, -0.05) is 0 Å². The topological polar surface area (TPSA) is 29.3 Å². The summed E-state index contributed by atoms with van der Waals surface area (Å²) in [5, 5.41) is 0. The van der Waals surface area contributed by atoms with Crippen molar-refractivity contribution in [3.8, 4) is 0 Å². The summed E-state index contributed by atoms with van der Waals surface area (Å²) < 4.78 is 0. The second-order valence-electron chi connectivity index (χ2n) is 3.66. The Morgan fingerprint density at radius 1 is 1.20 bits per heavy atom. The van der Waals surface area contributed by atoms with E-state index in [9.17, 15) is 0 Å². The molecule has 0 aliphatic carbocycles. The molecule has 2 aliphatic rings. The van der Waals surface area contributed by atoms with E-state index in [-0.39, 0.29) is 0 Å². The summed E-state index contributed by atoms with van der Waals surface area (Å²) in [6.45, 7) is 3.85. The third-order valence-electron chi connectivity index (χ3n) is 2.93. The quantitative estimate of drug-likeness (QED) is 0.528. The molecule has 2 unspecified atom stereocenters. The van der Waals surface area contributed by atoms with E-state index in [1.165, 1.54) is 38.9 Å². The van der Waals surface area contributed by atoms with Crippen molar-refractivity contribution < 1.29 is 0 Å². The van der Waals surface area contributed by atoms with E-state index in [1.54, 1.807) is 0 Å². The van der Waals surface area contributed by atoms with Crippen molar-refractivity contribution in [2.45, 2.75) is 25.3 Å². The van der Waals surface area contributed by atoms with Gasteiger partial charge in [-0.3, -0.25) is 0 Å². The van der Waals surface area contributed by atoms with Gasteiger partial charge in [0, 0.05) is 12.6 Å². The van der Waals surface area contributed by atoms with Crippen LogP contribution in [0.15, 0.2) is 0 Å². The summed E-state index contributed by atoms with van der Waals surface area (Å²) in [5.41, 5.74) is 5.96. The van der Waals surface area contributed by atoms with Gasteiger partial charge in [0.05, 0.1) is 0 Å². The number of fused-ring (bicyclic) bond motifs is 2. The molecule has 10 heavy (non-hydrogen) atoms. The third-order valence-corrected chi connectivity index (χ3v) is 2.93. The van der Waals surface area contributed by atoms with Gasteiger partial charge in [0.25, 0.3) is 0 Å². The largest absolute Gasteiger partial charge is 0.327 e. The molecular weight excluding hydrogens is 124 g/mol. The highest BCUT2D eigenvalue weighted by atomic mass is 15.1. The molecule has 58 valence electrons. The number of hydrogen-bond acceptors (Lipinski definition) is 2. The molecule has 0 aromatic rings. The van der Waals surface area contributed by atoms with Gasteiger partial charge in [0.15, 0.2) is 0 Å². The third kappa shape index (κ3) is 1.06. The summed E-state index contributed by atoms with van der Waals surface area (Å²) >= 11 is 0. The summed E-state index contributed by atoms with van der Waals surface area (Å²) in [4.78, 5) is 2.55. The molecule has 2 saturated heterocycles. The van der Waals surface area contributed by atoms with Crippen molar-refractivity contribution in [2.24, 2.45) is 11.7 Å². The van der Waals surface area contributed by atoms with Crippen LogP contribution in [0.3, 0.4) is 0 Å². The Labute approximate surface area is 62.4 Å². The first kappa shape index (κ1) is 6.62. The maximum Gasteiger partial charge on any atom is 0.00915 e. The van der Waals surface area contributed by atoms with Crippen molar-refractivity contribution >= 4 is 0 Å². The van der Waals surface area contributed by atoms with E-state index in [2.05, 4.69) is 4.90 Å². The normalized spacial score (nSPS) is 47.1. The van der Waals surface area contributed by atoms with Gasteiger partial charge in [-0.05, 0) is 38.3 Å². The monoisotopic (exact) mass is 140 g/mol. The van der Waals surface area contributed by atoms with Crippen LogP contribution in [0.4, 0.5) is 0 Å². The van der Waals surface area contributed by atoms with Crippen molar-refractivity contribution in [2.75, 3.05) is 19.6 Å². The zero-order chi connectivity index (χ0) is 6.97. The zero-order valence-electron chi connectivity index (χ0n) is 6.42. The molecule has 0 spiro atoms. The summed E-state index contributed by atoms with van der Waals surface area (Å²) in [7, 11) is 0. The van der Waals surface area contributed by atoms with Crippen LogP contribution in [-0.4, -0.2) is 30.6 Å². The molecule has 0 saturated carbocycles. The molecule has 0 radical (unpaired) electrons. The average Bonchev–Trinajstić information content (AvgIpc) is 1.99. The maximum absolute atomic E-state index is 5.96. The van der Waals surface area contributed by atoms with Gasteiger partial charge in [0.1, 0.15) is 0 Å². The van der Waals surface area contributed by atoms with E-state index in [0.29, 0.717) is 6.04 Å². The number of rotatable bonds is 0. The van der Waals surface area contributed by atoms with Crippen LogP contribution in [0.1, 0.15) is 19.3 Å². The molecule has 0 aromatic carbocycles. The van der Waals surface area contributed by atoms with Crippen molar-refractivity contribution in [1.29, 1.82) is 0 Å². The molecule has 2 N–H and O–H groups in total. The Kier molecular flexibility index (Phi) is 1.66. The van der Waals surface area contributed by atoms with Gasteiger partial charge < -0.3 is 10.6 Å². The minimum absolute atomic E-state index is 0.511. The van der Waals surface area contributed by atoms with Crippen LogP contribution < -0.4 is 5.73 Å². The minimum atomic E-state index is 0.511. The molecule has 2 aliphatic heterocycles. The van der Waals surface area contributed by atoms with Crippen LogP contribution in [0.25, 0.3) is 0 Å². The Balaban J connectivity index is 2.00. The van der Waals surface area contributed by atoms with Crippen LogP contribution in [0.5, 0.6) is 0 Å². The number of nitrogens with two attached hydrogens (primary N) is 1. The summed E-state index contributed by atoms with van der Waals surface area (Å²) in [5.74, 6) is 0.822. The van der Waals surface area contributed by atoms with Crippen LogP contribution in [-0.2, 0) is 0 Å². The molecule has 2 bridgehead atoms. The van der Waals surface area contributed by atoms with E-state index in [1.807, 2.05) is 0 Å². The smallest absolute Gasteiger partial charge is 0.00915 e. The van der Waals surface area contributed by atoms with Gasteiger partial charge >= 0.3 is 0 Å². The van der Waals surface area contributed by atoms with Crippen molar-refractivity contribution in [3.05, 3.63) is 0 Å². The molecular formula is C8H16N2. The Morgan fingerprint density at radius 2 is 2.10 bits per heavy atom. The first-order valence-corrected chi connectivity index (χ1v) is 4.34. The van der Waals surface area contributed by atoms with Gasteiger partial charge in [-0.2, -0.15) is 0 Å². The van der Waals surface area contributed by atoms with E-state index in [4.69, 9.17) is 5.73 Å². The molecule has 0 amide bonds. The van der Waals surface area contributed by atoms with Crippen molar-refractivity contribution in [1.82, 2.24) is 4.90 Å². The summed E-state index contributed by atoms with van der Waals surface area (Å²) in [6.07, 6.45) is 3.97. The number of hydrogen-bond donors (Lipinski definition) is 1. The Bertz CT molecular complexity index is 122. The fraction of sp³-hybridized carbons (Fsp3) is 1.00. The van der Waals surface area contributed by atoms with Gasteiger partial charge in [-0.15, -0.1) is 0 Å². The first-order chi connectivity index (χ1) is 4.86. The predicted octanol–water partition coefficient (Wildman–Crippen LogP) is 0.429. The molecule has 2 fully saturated rings. The Morgan fingerprint density at radius 3 is 2.90 bits per heavy atom. The number of nitrogens with zero attached hydrogens (tertiary/aromatic N) is 1. The van der Waals surface area contributed by atoms with Crippen molar-refractivity contribution in [3.63, 3.8) is 0 Å². The molecule has 2 rings (SSSR count). The second kappa shape index (κ2) is 2.51.